The third kappa shape index (κ3) is 3.47. The van der Waals surface area contributed by atoms with Crippen molar-refractivity contribution >= 4 is 5.69 Å². The molecule has 1 aromatic carbocycles. The third-order valence-electron chi connectivity index (χ3n) is 3.46. The number of rotatable bonds is 5. The predicted molar refractivity (Wildman–Crippen MR) is 76.8 cm³/mol. The lowest BCUT2D eigenvalue weighted by atomic mass is 10.0. The van der Waals surface area contributed by atoms with Crippen molar-refractivity contribution in [2.75, 3.05) is 25.0 Å². The largest absolute Gasteiger partial charge is 0.374 e. The second-order valence-corrected chi connectivity index (χ2v) is 5.14. The van der Waals surface area contributed by atoms with Gasteiger partial charge in [-0.15, -0.1) is 0 Å². The number of hydrogen-bond acceptors (Lipinski definition) is 2. The number of hydrogen-bond donors (Lipinski definition) is 1. The summed E-state index contributed by atoms with van der Waals surface area (Å²) in [6, 6.07) is 4.50. The topological polar surface area (TPSA) is 29.3 Å². The first-order valence-electron chi connectivity index (χ1n) is 6.48. The van der Waals surface area contributed by atoms with Crippen LogP contribution in [-0.4, -0.2) is 20.1 Å². The fourth-order valence-corrected chi connectivity index (χ4v) is 2.62. The van der Waals surface area contributed by atoms with Crippen molar-refractivity contribution in [3.8, 4) is 0 Å². The predicted octanol–water partition coefficient (Wildman–Crippen LogP) is 3.03. The Balaban J connectivity index is 2.92. The summed E-state index contributed by atoms with van der Waals surface area (Å²) >= 11 is 0. The van der Waals surface area contributed by atoms with Crippen LogP contribution in [0.2, 0.25) is 0 Å². The van der Waals surface area contributed by atoms with Crippen LogP contribution in [0.1, 0.15) is 30.0 Å². The van der Waals surface area contributed by atoms with Gasteiger partial charge in [0, 0.05) is 19.3 Å². The minimum absolute atomic E-state index is 0.583. The van der Waals surface area contributed by atoms with Gasteiger partial charge in [0.25, 0.3) is 0 Å². The van der Waals surface area contributed by atoms with Crippen molar-refractivity contribution in [3.63, 3.8) is 0 Å². The van der Waals surface area contributed by atoms with E-state index in [0.717, 1.165) is 19.5 Å². The maximum absolute atomic E-state index is 5.78. The molecule has 1 rings (SSSR count). The number of nitrogens with two attached hydrogens (primary N) is 1. The highest BCUT2D eigenvalue weighted by molar-refractivity contribution is 5.59. The molecule has 17 heavy (non-hydrogen) atoms. The van der Waals surface area contributed by atoms with Crippen molar-refractivity contribution < 1.29 is 0 Å². The molecule has 0 bridgehead atoms. The van der Waals surface area contributed by atoms with E-state index < -0.39 is 0 Å². The molecule has 0 aliphatic heterocycles. The molecule has 0 heterocycles. The smallest absolute Gasteiger partial charge is 0.0423 e. The van der Waals surface area contributed by atoms with Gasteiger partial charge in [-0.05, 0) is 44.4 Å². The zero-order valence-corrected chi connectivity index (χ0v) is 11.9. The molecule has 0 aliphatic rings. The Bertz CT molecular complexity index is 344. The SMILES string of the molecule is CCC(CN)CN(C)c1c(C)cc(C)cc1C. The van der Waals surface area contributed by atoms with Crippen molar-refractivity contribution in [2.24, 2.45) is 11.7 Å². The Morgan fingerprint density at radius 3 is 2.12 bits per heavy atom. The van der Waals surface area contributed by atoms with Gasteiger partial charge in [-0.2, -0.15) is 0 Å². The van der Waals surface area contributed by atoms with Gasteiger partial charge in [0.15, 0.2) is 0 Å². The first-order valence-corrected chi connectivity index (χ1v) is 6.48. The molecule has 0 fully saturated rings. The van der Waals surface area contributed by atoms with Gasteiger partial charge in [0.2, 0.25) is 0 Å². The standard InChI is InChI=1S/C15H26N2/c1-6-14(9-16)10-17(5)15-12(3)7-11(2)8-13(15)4/h7-8,14H,6,9-10,16H2,1-5H3. The van der Waals surface area contributed by atoms with Gasteiger partial charge in [-0.25, -0.2) is 0 Å². The first-order chi connectivity index (χ1) is 7.99. The second-order valence-electron chi connectivity index (χ2n) is 5.14. The Morgan fingerprint density at radius 2 is 1.71 bits per heavy atom. The molecule has 1 unspecified atom stereocenters. The summed E-state index contributed by atoms with van der Waals surface area (Å²) in [6.07, 6.45) is 1.14. The number of anilines is 1. The van der Waals surface area contributed by atoms with Gasteiger partial charge in [-0.3, -0.25) is 0 Å². The first kappa shape index (κ1) is 14.0. The highest BCUT2D eigenvalue weighted by atomic mass is 15.1. The fourth-order valence-electron chi connectivity index (χ4n) is 2.62. The van der Waals surface area contributed by atoms with E-state index >= 15 is 0 Å². The van der Waals surface area contributed by atoms with Crippen molar-refractivity contribution in [1.82, 2.24) is 0 Å². The molecular formula is C15H26N2. The molecule has 1 atom stereocenters. The van der Waals surface area contributed by atoms with Crippen LogP contribution in [0.25, 0.3) is 0 Å². The number of aryl methyl sites for hydroxylation is 3. The average Bonchev–Trinajstić information content (AvgIpc) is 2.24. The Kier molecular flexibility index (Phi) is 5.01. The summed E-state index contributed by atoms with van der Waals surface area (Å²) in [5.74, 6) is 0.583. The van der Waals surface area contributed by atoms with Crippen LogP contribution in [0, 0.1) is 26.7 Å². The van der Waals surface area contributed by atoms with Crippen LogP contribution < -0.4 is 10.6 Å². The second kappa shape index (κ2) is 6.06. The Morgan fingerprint density at radius 1 is 1.18 bits per heavy atom. The molecule has 0 aliphatic carbocycles. The summed E-state index contributed by atoms with van der Waals surface area (Å²) < 4.78 is 0. The molecule has 0 saturated heterocycles. The van der Waals surface area contributed by atoms with Gasteiger partial charge < -0.3 is 10.6 Å². The molecule has 0 aromatic heterocycles. The summed E-state index contributed by atoms with van der Waals surface area (Å²) in [6.45, 7) is 10.5. The van der Waals surface area contributed by atoms with Gasteiger partial charge >= 0.3 is 0 Å². The minimum Gasteiger partial charge on any atom is -0.374 e. The zero-order valence-electron chi connectivity index (χ0n) is 11.9. The maximum atomic E-state index is 5.78. The molecule has 0 radical (unpaired) electrons. The summed E-state index contributed by atoms with van der Waals surface area (Å²) in [7, 11) is 2.17. The molecule has 2 N–H and O–H groups in total. The van der Waals surface area contributed by atoms with Gasteiger partial charge in [0.05, 0.1) is 0 Å². The summed E-state index contributed by atoms with van der Waals surface area (Å²) in [5.41, 5.74) is 11.2. The molecule has 2 nitrogen and oxygen atoms in total. The van der Waals surface area contributed by atoms with Gasteiger partial charge in [0.1, 0.15) is 0 Å². The summed E-state index contributed by atoms with van der Waals surface area (Å²) in [4.78, 5) is 2.35. The molecule has 1 aromatic rings. The van der Waals surface area contributed by atoms with Crippen LogP contribution in [0.3, 0.4) is 0 Å². The van der Waals surface area contributed by atoms with E-state index in [2.05, 4.69) is 51.8 Å². The monoisotopic (exact) mass is 234 g/mol. The van der Waals surface area contributed by atoms with Gasteiger partial charge in [-0.1, -0.05) is 31.0 Å². The van der Waals surface area contributed by atoms with Crippen LogP contribution in [0.5, 0.6) is 0 Å². The Hall–Kier alpha value is -1.02. The highest BCUT2D eigenvalue weighted by Crippen LogP contribution is 2.26. The van der Waals surface area contributed by atoms with Crippen LogP contribution >= 0.6 is 0 Å². The quantitative estimate of drug-likeness (QED) is 0.848. The van der Waals surface area contributed by atoms with Crippen LogP contribution in [0.4, 0.5) is 5.69 Å². The van der Waals surface area contributed by atoms with E-state index in [0.29, 0.717) is 5.92 Å². The molecule has 96 valence electrons. The normalized spacial score (nSPS) is 12.6. The lowest BCUT2D eigenvalue weighted by Gasteiger charge is -2.27. The molecule has 0 amide bonds. The molecular weight excluding hydrogens is 208 g/mol. The van der Waals surface area contributed by atoms with E-state index in [9.17, 15) is 0 Å². The molecule has 0 saturated carbocycles. The Labute approximate surface area is 106 Å². The van der Waals surface area contributed by atoms with Crippen molar-refractivity contribution in [1.29, 1.82) is 0 Å². The number of nitrogens with zero attached hydrogens (tertiary/aromatic N) is 1. The van der Waals surface area contributed by atoms with E-state index in [1.165, 1.54) is 22.4 Å². The van der Waals surface area contributed by atoms with E-state index in [1.54, 1.807) is 0 Å². The molecule has 2 heteroatoms. The lowest BCUT2D eigenvalue weighted by molar-refractivity contribution is 0.520. The minimum atomic E-state index is 0.583. The average molecular weight is 234 g/mol. The fraction of sp³-hybridized carbons (Fsp3) is 0.600. The third-order valence-corrected chi connectivity index (χ3v) is 3.46. The molecule has 0 spiro atoms. The van der Waals surface area contributed by atoms with Crippen molar-refractivity contribution in [2.45, 2.75) is 34.1 Å². The van der Waals surface area contributed by atoms with E-state index in [4.69, 9.17) is 5.73 Å². The zero-order chi connectivity index (χ0) is 13.0. The highest BCUT2D eigenvalue weighted by Gasteiger charge is 2.12. The lowest BCUT2D eigenvalue weighted by Crippen LogP contribution is -2.30. The summed E-state index contributed by atoms with van der Waals surface area (Å²) in [5, 5.41) is 0. The van der Waals surface area contributed by atoms with Crippen LogP contribution in [-0.2, 0) is 0 Å². The maximum Gasteiger partial charge on any atom is 0.0423 e. The van der Waals surface area contributed by atoms with E-state index in [1.807, 2.05) is 0 Å². The van der Waals surface area contributed by atoms with E-state index in [-0.39, 0.29) is 0 Å². The number of benzene rings is 1. The van der Waals surface area contributed by atoms with Crippen LogP contribution in [0.15, 0.2) is 12.1 Å². The van der Waals surface area contributed by atoms with Crippen molar-refractivity contribution in [3.05, 3.63) is 28.8 Å².